The fourth-order valence-corrected chi connectivity index (χ4v) is 4.14. The van der Waals surface area contributed by atoms with E-state index in [1.54, 1.807) is 27.7 Å². The molecule has 0 spiro atoms. The molecule has 0 saturated heterocycles. The second-order valence-corrected chi connectivity index (χ2v) is 9.83. The van der Waals surface area contributed by atoms with E-state index in [4.69, 9.17) is 4.74 Å². The van der Waals surface area contributed by atoms with Crippen LogP contribution in [0.4, 0.5) is 11.4 Å². The predicted molar refractivity (Wildman–Crippen MR) is 118 cm³/mol. The summed E-state index contributed by atoms with van der Waals surface area (Å²) >= 11 is 0. The first-order valence-corrected chi connectivity index (χ1v) is 11.1. The van der Waals surface area contributed by atoms with Crippen molar-refractivity contribution in [2.24, 2.45) is 0 Å². The van der Waals surface area contributed by atoms with Gasteiger partial charge in [0.05, 0.1) is 15.4 Å². The van der Waals surface area contributed by atoms with E-state index < -0.39 is 38.5 Å². The zero-order valence-electron chi connectivity index (χ0n) is 18.3. The van der Waals surface area contributed by atoms with Gasteiger partial charge in [-0.1, -0.05) is 18.2 Å². The molecule has 0 aliphatic heterocycles. The monoisotopic (exact) mass is 463 g/mol. The molecule has 1 amide bonds. The molecule has 1 atom stereocenters. The van der Waals surface area contributed by atoms with Crippen molar-refractivity contribution in [3.63, 3.8) is 0 Å². The third kappa shape index (κ3) is 6.34. The number of carbonyl (C=O) groups excluding carboxylic acids is 2. The number of esters is 1. The minimum absolute atomic E-state index is 0.0212. The van der Waals surface area contributed by atoms with Gasteiger partial charge in [-0.25, -0.2) is 17.9 Å². The molecule has 1 unspecified atom stereocenters. The predicted octanol–water partition coefficient (Wildman–Crippen LogP) is 3.16. The first-order chi connectivity index (χ1) is 14.7. The summed E-state index contributed by atoms with van der Waals surface area (Å²) in [7, 11) is -3.89. The molecule has 0 saturated carbocycles. The molecule has 0 fully saturated rings. The van der Waals surface area contributed by atoms with Crippen LogP contribution in [-0.4, -0.2) is 36.9 Å². The number of aryl methyl sites for hydroxylation is 1. The van der Waals surface area contributed by atoms with Gasteiger partial charge < -0.3 is 10.1 Å². The lowest BCUT2D eigenvalue weighted by Gasteiger charge is -2.21. The number of anilines is 1. The van der Waals surface area contributed by atoms with Gasteiger partial charge in [-0.15, -0.1) is 0 Å². The van der Waals surface area contributed by atoms with Crippen molar-refractivity contribution in [1.29, 1.82) is 0 Å². The van der Waals surface area contributed by atoms with Gasteiger partial charge in [0.1, 0.15) is 5.69 Å². The topological polar surface area (TPSA) is 145 Å². The van der Waals surface area contributed by atoms with E-state index in [0.717, 1.165) is 0 Å². The standard InChI is InChI=1S/C21H25N3O7S/c1-13-10-11-15(32(29,30)23-21(3,4)5)12-16(13)20(26)31-14(2)19(25)22-17-8-6-7-9-18(17)24(27)28/h6-12,14,23H,1-5H3,(H,22,25). The number of benzene rings is 2. The van der Waals surface area contributed by atoms with Crippen LogP contribution >= 0.6 is 0 Å². The highest BCUT2D eigenvalue weighted by atomic mass is 32.2. The van der Waals surface area contributed by atoms with Crippen LogP contribution in [0.15, 0.2) is 47.4 Å². The number of sulfonamides is 1. The zero-order valence-corrected chi connectivity index (χ0v) is 19.1. The molecule has 32 heavy (non-hydrogen) atoms. The summed E-state index contributed by atoms with van der Waals surface area (Å²) < 4.78 is 32.8. The Morgan fingerprint density at radius 3 is 2.34 bits per heavy atom. The Morgan fingerprint density at radius 1 is 1.12 bits per heavy atom. The van der Waals surface area contributed by atoms with E-state index in [0.29, 0.717) is 5.56 Å². The average molecular weight is 464 g/mol. The number of rotatable bonds is 7. The number of para-hydroxylation sites is 2. The second kappa shape index (κ2) is 9.45. The molecular formula is C21H25N3O7S. The number of nitro groups is 1. The van der Waals surface area contributed by atoms with Crippen LogP contribution in [-0.2, 0) is 19.6 Å². The SMILES string of the molecule is Cc1ccc(S(=O)(=O)NC(C)(C)C)cc1C(=O)OC(C)C(=O)Nc1ccccc1[N+](=O)[O-]. The van der Waals surface area contributed by atoms with Gasteiger partial charge >= 0.3 is 5.97 Å². The first-order valence-electron chi connectivity index (χ1n) is 9.61. The largest absolute Gasteiger partial charge is 0.449 e. The molecule has 2 N–H and O–H groups in total. The molecule has 11 heteroatoms. The number of hydrogen-bond acceptors (Lipinski definition) is 7. The molecule has 2 aromatic carbocycles. The molecule has 0 bridgehead atoms. The van der Waals surface area contributed by atoms with Gasteiger partial charge in [0, 0.05) is 11.6 Å². The van der Waals surface area contributed by atoms with E-state index >= 15 is 0 Å². The maximum Gasteiger partial charge on any atom is 0.339 e. The summed E-state index contributed by atoms with van der Waals surface area (Å²) in [4.78, 5) is 35.4. The van der Waals surface area contributed by atoms with E-state index in [1.165, 1.54) is 49.4 Å². The third-order valence-corrected chi connectivity index (χ3v) is 5.95. The van der Waals surface area contributed by atoms with Crippen molar-refractivity contribution in [2.45, 2.75) is 51.2 Å². The Labute approximate surface area is 186 Å². The summed E-state index contributed by atoms with van der Waals surface area (Å²) in [5.41, 5.74) is -0.637. The maximum absolute atomic E-state index is 12.6. The van der Waals surface area contributed by atoms with Gasteiger partial charge in [-0.3, -0.25) is 14.9 Å². The molecule has 2 rings (SSSR count). The van der Waals surface area contributed by atoms with Crippen LogP contribution < -0.4 is 10.0 Å². The molecular weight excluding hydrogens is 438 g/mol. The van der Waals surface area contributed by atoms with E-state index in [1.807, 2.05) is 0 Å². The number of carbonyl (C=O) groups is 2. The minimum Gasteiger partial charge on any atom is -0.449 e. The van der Waals surface area contributed by atoms with Crippen LogP contribution in [0.2, 0.25) is 0 Å². The lowest BCUT2D eigenvalue weighted by Crippen LogP contribution is -2.40. The van der Waals surface area contributed by atoms with Gasteiger partial charge in [0.15, 0.2) is 6.10 Å². The number of amides is 1. The summed E-state index contributed by atoms with van der Waals surface area (Å²) in [5, 5.41) is 13.4. The van der Waals surface area contributed by atoms with Gasteiger partial charge in [0.2, 0.25) is 10.0 Å². The number of nitrogens with one attached hydrogen (secondary N) is 2. The van der Waals surface area contributed by atoms with Crippen LogP contribution in [0.3, 0.4) is 0 Å². The van der Waals surface area contributed by atoms with Crippen molar-refractivity contribution in [3.05, 3.63) is 63.7 Å². The second-order valence-electron chi connectivity index (χ2n) is 8.14. The highest BCUT2D eigenvalue weighted by Crippen LogP contribution is 2.24. The van der Waals surface area contributed by atoms with Crippen molar-refractivity contribution < 1.29 is 27.7 Å². The summed E-state index contributed by atoms with van der Waals surface area (Å²) in [5.74, 6) is -1.68. The fourth-order valence-electron chi connectivity index (χ4n) is 2.70. The molecule has 0 aromatic heterocycles. The lowest BCUT2D eigenvalue weighted by atomic mass is 10.1. The first kappa shape index (κ1) is 25.0. The zero-order chi connectivity index (χ0) is 24.3. The van der Waals surface area contributed by atoms with Crippen molar-refractivity contribution in [2.75, 3.05) is 5.32 Å². The van der Waals surface area contributed by atoms with E-state index in [9.17, 15) is 28.1 Å². The third-order valence-electron chi connectivity index (χ3n) is 4.19. The molecule has 0 aliphatic rings. The Bertz CT molecular complexity index is 1150. The summed E-state index contributed by atoms with van der Waals surface area (Å²) in [6, 6.07) is 9.56. The highest BCUT2D eigenvalue weighted by molar-refractivity contribution is 7.89. The van der Waals surface area contributed by atoms with Gasteiger partial charge in [-0.05, 0) is 58.4 Å². The van der Waals surface area contributed by atoms with E-state index in [2.05, 4.69) is 10.0 Å². The van der Waals surface area contributed by atoms with Gasteiger partial charge in [0.25, 0.3) is 11.6 Å². The molecule has 172 valence electrons. The Hall–Kier alpha value is -3.31. The normalized spacial score (nSPS) is 12.7. The summed E-state index contributed by atoms with van der Waals surface area (Å²) in [6.07, 6.45) is -1.30. The van der Waals surface area contributed by atoms with Crippen molar-refractivity contribution >= 4 is 33.3 Å². The Balaban J connectivity index is 2.20. The maximum atomic E-state index is 12.6. The molecule has 2 aromatic rings. The number of nitro benzene ring substituents is 1. The Morgan fingerprint density at radius 2 is 1.75 bits per heavy atom. The van der Waals surface area contributed by atoms with Crippen LogP contribution in [0, 0.1) is 17.0 Å². The number of hydrogen-bond donors (Lipinski definition) is 2. The van der Waals surface area contributed by atoms with Crippen LogP contribution in [0.25, 0.3) is 0 Å². The number of ether oxygens (including phenoxy) is 1. The van der Waals surface area contributed by atoms with Gasteiger partial charge in [-0.2, -0.15) is 0 Å². The minimum atomic E-state index is -3.89. The molecule has 0 radical (unpaired) electrons. The van der Waals surface area contributed by atoms with Crippen LogP contribution in [0.1, 0.15) is 43.6 Å². The smallest absolute Gasteiger partial charge is 0.339 e. The molecule has 0 aliphatic carbocycles. The quantitative estimate of drug-likeness (QED) is 0.364. The van der Waals surface area contributed by atoms with Crippen molar-refractivity contribution in [3.8, 4) is 0 Å². The average Bonchev–Trinajstić information content (AvgIpc) is 2.66. The fraction of sp³-hybridized carbons (Fsp3) is 0.333. The van der Waals surface area contributed by atoms with Crippen LogP contribution in [0.5, 0.6) is 0 Å². The van der Waals surface area contributed by atoms with E-state index in [-0.39, 0.29) is 21.8 Å². The molecule has 10 nitrogen and oxygen atoms in total. The lowest BCUT2D eigenvalue weighted by molar-refractivity contribution is -0.383. The summed E-state index contributed by atoms with van der Waals surface area (Å²) in [6.45, 7) is 7.96. The highest BCUT2D eigenvalue weighted by Gasteiger charge is 2.26. The number of nitrogens with zero attached hydrogens (tertiary/aromatic N) is 1. The molecule has 0 heterocycles. The van der Waals surface area contributed by atoms with Crippen molar-refractivity contribution in [1.82, 2.24) is 4.72 Å². The Kier molecular flexibility index (Phi) is 7.37.